The first kappa shape index (κ1) is 20.8. The van der Waals surface area contributed by atoms with Crippen LogP contribution < -0.4 is 15.0 Å². The number of likely N-dealkylation sites (tertiary alicyclic amines) is 1. The fourth-order valence-electron chi connectivity index (χ4n) is 3.46. The number of aromatic nitrogens is 3. The molecule has 0 bridgehead atoms. The van der Waals surface area contributed by atoms with Crippen LogP contribution in [0.2, 0.25) is 0 Å². The zero-order chi connectivity index (χ0) is 20.8. The number of benzene rings is 1. The molecule has 1 aromatic carbocycles. The van der Waals surface area contributed by atoms with Crippen LogP contribution in [0.3, 0.4) is 0 Å². The first-order valence-electron chi connectivity index (χ1n) is 9.93. The van der Waals surface area contributed by atoms with E-state index in [1.165, 1.54) is 0 Å². The van der Waals surface area contributed by atoms with E-state index < -0.39 is 0 Å². The summed E-state index contributed by atoms with van der Waals surface area (Å²) in [5.74, 6) is 2.46. The Labute approximate surface area is 170 Å². The predicted molar refractivity (Wildman–Crippen MR) is 108 cm³/mol. The molecule has 8 nitrogen and oxygen atoms in total. The van der Waals surface area contributed by atoms with E-state index in [-0.39, 0.29) is 17.9 Å². The van der Waals surface area contributed by atoms with E-state index in [2.05, 4.69) is 22.1 Å². The molecule has 156 valence electrons. The fraction of sp³-hybridized carbons (Fsp3) is 0.524. The van der Waals surface area contributed by atoms with Gasteiger partial charge in [0.25, 0.3) is 5.56 Å². The Morgan fingerprint density at radius 2 is 1.90 bits per heavy atom. The van der Waals surface area contributed by atoms with Crippen LogP contribution in [-0.4, -0.2) is 53.3 Å². The second-order valence-corrected chi connectivity index (χ2v) is 7.48. The van der Waals surface area contributed by atoms with Crippen molar-refractivity contribution in [2.45, 2.75) is 39.0 Å². The van der Waals surface area contributed by atoms with E-state index in [4.69, 9.17) is 9.47 Å². The molecule has 1 amide bonds. The number of nitrogens with zero attached hydrogens (tertiary/aromatic N) is 3. The summed E-state index contributed by atoms with van der Waals surface area (Å²) in [7, 11) is 3.15. The van der Waals surface area contributed by atoms with Crippen LogP contribution in [-0.2, 0) is 17.6 Å². The minimum atomic E-state index is -0.296. The number of piperidine rings is 1. The summed E-state index contributed by atoms with van der Waals surface area (Å²) in [4.78, 5) is 29.4. The molecule has 1 aromatic heterocycles. The number of aromatic amines is 1. The summed E-state index contributed by atoms with van der Waals surface area (Å²) < 4.78 is 10.5. The maximum Gasteiger partial charge on any atom is 0.272 e. The van der Waals surface area contributed by atoms with E-state index in [9.17, 15) is 9.59 Å². The Hall–Kier alpha value is -2.90. The van der Waals surface area contributed by atoms with E-state index in [1.807, 2.05) is 17.0 Å². The van der Waals surface area contributed by atoms with Crippen LogP contribution in [0, 0.1) is 5.92 Å². The number of nitrogens with one attached hydrogen (secondary N) is 1. The molecule has 0 spiro atoms. The number of carbonyl (C=O) groups excluding carboxylic acids is 1. The van der Waals surface area contributed by atoms with Gasteiger partial charge in [0.1, 0.15) is 11.5 Å². The van der Waals surface area contributed by atoms with Gasteiger partial charge >= 0.3 is 0 Å². The number of hydrogen-bond acceptors (Lipinski definition) is 6. The number of methoxy groups -OCH3 is 2. The molecule has 0 atom stereocenters. The molecule has 1 aliphatic heterocycles. The maximum atomic E-state index is 12.4. The first-order valence-corrected chi connectivity index (χ1v) is 9.93. The molecular formula is C21H28N4O4. The highest BCUT2D eigenvalue weighted by Gasteiger charge is 2.20. The van der Waals surface area contributed by atoms with Gasteiger partial charge in [-0.25, -0.2) is 0 Å². The number of H-pyrrole nitrogens is 1. The van der Waals surface area contributed by atoms with Gasteiger partial charge in [-0.2, -0.15) is 0 Å². The predicted octanol–water partition coefficient (Wildman–Crippen LogP) is 1.96. The standard InChI is InChI=1S/C21H28N4O4/c1-14-8-10-25(11-9-14)20(26)7-5-16-21(27)22-19(24-23-16)13-15-4-6-17(28-2)18(12-15)29-3/h4,6,12,14H,5,7-11,13H2,1-3H3,(H,22,24,27). The van der Waals surface area contributed by atoms with Crippen LogP contribution in [0.25, 0.3) is 0 Å². The topological polar surface area (TPSA) is 97.4 Å². The molecule has 3 rings (SSSR count). The van der Waals surface area contributed by atoms with Gasteiger partial charge in [-0.1, -0.05) is 13.0 Å². The van der Waals surface area contributed by atoms with Gasteiger partial charge in [-0.3, -0.25) is 9.59 Å². The lowest BCUT2D eigenvalue weighted by Gasteiger charge is -2.30. The number of aryl methyl sites for hydroxylation is 1. The molecule has 1 fully saturated rings. The van der Waals surface area contributed by atoms with Crippen LogP contribution in [0.5, 0.6) is 11.5 Å². The lowest BCUT2D eigenvalue weighted by molar-refractivity contribution is -0.132. The Balaban J connectivity index is 1.60. The lowest BCUT2D eigenvalue weighted by atomic mass is 9.99. The average molecular weight is 400 g/mol. The van der Waals surface area contributed by atoms with Crippen LogP contribution in [0.1, 0.15) is 43.3 Å². The molecule has 1 aliphatic rings. The van der Waals surface area contributed by atoms with Crippen molar-refractivity contribution in [1.29, 1.82) is 0 Å². The third kappa shape index (κ3) is 5.34. The second-order valence-electron chi connectivity index (χ2n) is 7.48. The Morgan fingerprint density at radius 1 is 1.17 bits per heavy atom. The van der Waals surface area contributed by atoms with E-state index in [0.717, 1.165) is 31.5 Å². The third-order valence-corrected chi connectivity index (χ3v) is 5.34. The third-order valence-electron chi connectivity index (χ3n) is 5.34. The average Bonchev–Trinajstić information content (AvgIpc) is 2.73. The van der Waals surface area contributed by atoms with Crippen LogP contribution in [0.15, 0.2) is 23.0 Å². The maximum absolute atomic E-state index is 12.4. The Bertz CT molecular complexity index is 904. The van der Waals surface area contributed by atoms with Gasteiger partial charge < -0.3 is 19.4 Å². The fourth-order valence-corrected chi connectivity index (χ4v) is 3.46. The van der Waals surface area contributed by atoms with E-state index >= 15 is 0 Å². The minimum absolute atomic E-state index is 0.0764. The Morgan fingerprint density at radius 3 is 2.55 bits per heavy atom. The van der Waals surface area contributed by atoms with Gasteiger partial charge in [-0.15, -0.1) is 10.2 Å². The van der Waals surface area contributed by atoms with Gasteiger partial charge in [0, 0.05) is 32.4 Å². The summed E-state index contributed by atoms with van der Waals surface area (Å²) in [6.07, 6.45) is 3.06. The molecule has 0 aliphatic carbocycles. The Kier molecular flexibility index (Phi) is 6.85. The molecule has 1 saturated heterocycles. The molecule has 0 unspecified atom stereocenters. The number of amides is 1. The molecule has 2 aromatic rings. The van der Waals surface area contributed by atoms with Crippen molar-refractivity contribution in [3.05, 3.63) is 45.6 Å². The lowest BCUT2D eigenvalue weighted by Crippen LogP contribution is -2.38. The van der Waals surface area contributed by atoms with Crippen molar-refractivity contribution in [2.24, 2.45) is 5.92 Å². The van der Waals surface area contributed by atoms with Crippen molar-refractivity contribution in [2.75, 3.05) is 27.3 Å². The van der Waals surface area contributed by atoms with Gasteiger partial charge in [-0.05, 0) is 36.5 Å². The van der Waals surface area contributed by atoms with Crippen molar-refractivity contribution in [3.63, 3.8) is 0 Å². The van der Waals surface area contributed by atoms with Gasteiger partial charge in [0.2, 0.25) is 5.91 Å². The summed E-state index contributed by atoms with van der Waals surface area (Å²) in [6, 6.07) is 5.53. The number of ether oxygens (including phenoxy) is 2. The second kappa shape index (κ2) is 9.54. The zero-order valence-corrected chi connectivity index (χ0v) is 17.2. The normalized spacial score (nSPS) is 14.7. The summed E-state index contributed by atoms with van der Waals surface area (Å²) in [6.45, 7) is 3.80. The van der Waals surface area contributed by atoms with Crippen molar-refractivity contribution in [3.8, 4) is 11.5 Å². The largest absolute Gasteiger partial charge is 0.493 e. The van der Waals surface area contributed by atoms with Crippen LogP contribution >= 0.6 is 0 Å². The van der Waals surface area contributed by atoms with Crippen LogP contribution in [0.4, 0.5) is 0 Å². The molecule has 2 heterocycles. The number of carbonyl (C=O) groups is 1. The highest BCUT2D eigenvalue weighted by Crippen LogP contribution is 2.28. The smallest absolute Gasteiger partial charge is 0.272 e. The highest BCUT2D eigenvalue weighted by molar-refractivity contribution is 5.76. The molecular weight excluding hydrogens is 372 g/mol. The van der Waals surface area contributed by atoms with Gasteiger partial charge in [0.15, 0.2) is 11.5 Å². The SMILES string of the molecule is COc1ccc(Cc2nnc(CCC(=O)N3CCC(C)CC3)c(=O)[nH]2)cc1OC. The summed E-state index contributed by atoms with van der Waals surface area (Å²) in [5, 5.41) is 8.19. The summed E-state index contributed by atoms with van der Waals surface area (Å²) in [5.41, 5.74) is 0.908. The van der Waals surface area contributed by atoms with Crippen molar-refractivity contribution in [1.82, 2.24) is 20.1 Å². The first-order chi connectivity index (χ1) is 14.0. The number of hydrogen-bond donors (Lipinski definition) is 1. The molecule has 0 radical (unpaired) electrons. The molecule has 29 heavy (non-hydrogen) atoms. The van der Waals surface area contributed by atoms with E-state index in [1.54, 1.807) is 20.3 Å². The molecule has 0 saturated carbocycles. The minimum Gasteiger partial charge on any atom is -0.493 e. The number of rotatable bonds is 7. The van der Waals surface area contributed by atoms with E-state index in [0.29, 0.717) is 41.8 Å². The van der Waals surface area contributed by atoms with Crippen molar-refractivity contribution >= 4 is 5.91 Å². The monoisotopic (exact) mass is 400 g/mol. The highest BCUT2D eigenvalue weighted by atomic mass is 16.5. The quantitative estimate of drug-likeness (QED) is 0.763. The molecule has 8 heteroatoms. The van der Waals surface area contributed by atoms with Crippen molar-refractivity contribution < 1.29 is 14.3 Å². The molecule has 1 N–H and O–H groups in total. The summed E-state index contributed by atoms with van der Waals surface area (Å²) >= 11 is 0. The zero-order valence-electron chi connectivity index (χ0n) is 17.2. The van der Waals surface area contributed by atoms with Gasteiger partial charge in [0.05, 0.1) is 14.2 Å².